The van der Waals surface area contributed by atoms with Gasteiger partial charge in [0.05, 0.1) is 11.6 Å². The molecule has 2 saturated heterocycles. The van der Waals surface area contributed by atoms with Gasteiger partial charge in [-0.25, -0.2) is 0 Å². The Balaban J connectivity index is 1.24. The normalized spacial score (nSPS) is 22.2. The number of carbonyl (C=O) groups is 1. The number of nitrogens with zero attached hydrogens (tertiary/aromatic N) is 3. The summed E-state index contributed by atoms with van der Waals surface area (Å²) >= 11 is 0. The molecule has 0 spiro atoms. The Morgan fingerprint density at radius 3 is 2.56 bits per heavy atom. The molecule has 5 heteroatoms. The van der Waals surface area contributed by atoms with Crippen LogP contribution in [0.2, 0.25) is 0 Å². The van der Waals surface area contributed by atoms with Crippen LogP contribution in [0.5, 0.6) is 5.75 Å². The van der Waals surface area contributed by atoms with Crippen LogP contribution in [0.25, 0.3) is 10.9 Å². The highest BCUT2D eigenvalue weighted by Crippen LogP contribution is 2.36. The van der Waals surface area contributed by atoms with Crippen molar-refractivity contribution in [2.45, 2.75) is 44.9 Å². The van der Waals surface area contributed by atoms with E-state index in [9.17, 15) is 4.79 Å². The molecule has 2 atom stereocenters. The number of aromatic nitrogens is 1. The van der Waals surface area contributed by atoms with Gasteiger partial charge >= 0.3 is 0 Å². The molecule has 3 aromatic rings. The van der Waals surface area contributed by atoms with Gasteiger partial charge in [0, 0.05) is 42.8 Å². The fourth-order valence-electron chi connectivity index (χ4n) is 5.26. The van der Waals surface area contributed by atoms with Gasteiger partial charge in [0.15, 0.2) is 0 Å². The number of ether oxygens (including phenoxy) is 1. The van der Waals surface area contributed by atoms with Crippen LogP contribution in [0.3, 0.4) is 0 Å². The Morgan fingerprint density at radius 1 is 1.03 bits per heavy atom. The smallest absolute Gasteiger partial charge is 0.253 e. The van der Waals surface area contributed by atoms with Gasteiger partial charge in [-0.05, 0) is 69.0 Å². The highest BCUT2D eigenvalue weighted by atomic mass is 16.5. The summed E-state index contributed by atoms with van der Waals surface area (Å²) in [6.45, 7) is 7.10. The maximum Gasteiger partial charge on any atom is 0.253 e. The predicted molar refractivity (Wildman–Crippen MR) is 127 cm³/mol. The SMILES string of the molecule is CC(C)N1CC(Oc2ccccc2)C1C1CCN(C(=O)c2ccc3ncccc3c2)CC1. The largest absolute Gasteiger partial charge is 0.487 e. The van der Waals surface area contributed by atoms with Gasteiger partial charge in [0.1, 0.15) is 11.9 Å². The van der Waals surface area contributed by atoms with Gasteiger partial charge in [0.25, 0.3) is 5.91 Å². The number of pyridine rings is 1. The third-order valence-corrected chi connectivity index (χ3v) is 7.01. The van der Waals surface area contributed by atoms with E-state index < -0.39 is 0 Å². The van der Waals surface area contributed by atoms with E-state index in [1.807, 2.05) is 65.6 Å². The zero-order chi connectivity index (χ0) is 22.1. The summed E-state index contributed by atoms with van der Waals surface area (Å²) in [7, 11) is 0. The molecule has 0 saturated carbocycles. The number of amides is 1. The number of carbonyl (C=O) groups excluding carboxylic acids is 1. The van der Waals surface area contributed by atoms with Gasteiger partial charge < -0.3 is 9.64 Å². The average molecular weight is 430 g/mol. The standard InChI is InChI=1S/C27H31N3O2/c1-19(2)30-18-25(32-23-8-4-3-5-9-23)26(30)20-12-15-29(16-13-20)27(31)22-10-11-24-21(17-22)7-6-14-28-24/h3-11,14,17,19-20,25-26H,12-13,15-16,18H2,1-2H3. The van der Waals surface area contributed by atoms with Gasteiger partial charge in [-0.2, -0.15) is 0 Å². The van der Waals surface area contributed by atoms with Gasteiger partial charge in [-0.15, -0.1) is 0 Å². The van der Waals surface area contributed by atoms with E-state index in [2.05, 4.69) is 23.7 Å². The van der Waals surface area contributed by atoms with Crippen LogP contribution in [-0.4, -0.2) is 58.5 Å². The van der Waals surface area contributed by atoms with E-state index >= 15 is 0 Å². The van der Waals surface area contributed by atoms with Crippen LogP contribution in [0.4, 0.5) is 0 Å². The summed E-state index contributed by atoms with van der Waals surface area (Å²) in [5.74, 6) is 1.62. The van der Waals surface area contributed by atoms with Crippen molar-refractivity contribution in [1.29, 1.82) is 0 Å². The van der Waals surface area contributed by atoms with Crippen molar-refractivity contribution in [1.82, 2.24) is 14.8 Å². The summed E-state index contributed by atoms with van der Waals surface area (Å²) in [4.78, 5) is 22.1. The molecule has 2 unspecified atom stereocenters. The molecule has 0 bridgehead atoms. The summed E-state index contributed by atoms with van der Waals surface area (Å²) < 4.78 is 6.35. The second-order valence-electron chi connectivity index (χ2n) is 9.29. The first kappa shape index (κ1) is 21.0. The molecule has 0 aliphatic carbocycles. The highest BCUT2D eigenvalue weighted by Gasteiger charge is 2.47. The fraction of sp³-hybridized carbons (Fsp3) is 0.407. The molecular weight excluding hydrogens is 398 g/mol. The van der Waals surface area contributed by atoms with Crippen LogP contribution < -0.4 is 4.74 Å². The van der Waals surface area contributed by atoms with Crippen molar-refractivity contribution in [2.24, 2.45) is 5.92 Å². The first-order valence-electron chi connectivity index (χ1n) is 11.7. The molecule has 5 nitrogen and oxygen atoms in total. The minimum Gasteiger partial charge on any atom is -0.487 e. The second kappa shape index (κ2) is 8.91. The van der Waals surface area contributed by atoms with Gasteiger partial charge in [0.2, 0.25) is 0 Å². The molecule has 0 N–H and O–H groups in total. The van der Waals surface area contributed by atoms with Gasteiger partial charge in [-0.3, -0.25) is 14.7 Å². The van der Waals surface area contributed by atoms with E-state index in [1.165, 1.54) is 0 Å². The van der Waals surface area contributed by atoms with Crippen molar-refractivity contribution in [3.05, 3.63) is 72.4 Å². The molecule has 0 radical (unpaired) electrons. The predicted octanol–water partition coefficient (Wildman–Crippen LogP) is 4.63. The first-order chi connectivity index (χ1) is 15.6. The third-order valence-electron chi connectivity index (χ3n) is 7.01. The van der Waals surface area contributed by atoms with Crippen LogP contribution in [0, 0.1) is 5.92 Å². The van der Waals surface area contributed by atoms with Crippen molar-refractivity contribution in [3.8, 4) is 5.75 Å². The Hall–Kier alpha value is -2.92. The van der Waals surface area contributed by atoms with Crippen molar-refractivity contribution in [3.63, 3.8) is 0 Å². The Kier molecular flexibility index (Phi) is 5.83. The van der Waals surface area contributed by atoms with Crippen molar-refractivity contribution in [2.75, 3.05) is 19.6 Å². The van der Waals surface area contributed by atoms with E-state index in [0.717, 1.165) is 54.7 Å². The number of piperidine rings is 1. The monoisotopic (exact) mass is 429 g/mol. The van der Waals surface area contributed by atoms with E-state index in [4.69, 9.17) is 4.74 Å². The summed E-state index contributed by atoms with van der Waals surface area (Å²) in [5.41, 5.74) is 1.67. The minimum absolute atomic E-state index is 0.126. The molecule has 166 valence electrons. The lowest BCUT2D eigenvalue weighted by molar-refractivity contribution is -0.0983. The molecule has 1 amide bonds. The summed E-state index contributed by atoms with van der Waals surface area (Å²) in [6, 6.07) is 20.8. The maximum atomic E-state index is 13.2. The molecule has 3 heterocycles. The molecule has 2 fully saturated rings. The molecular formula is C27H31N3O2. The maximum absolute atomic E-state index is 13.2. The third kappa shape index (κ3) is 4.09. The van der Waals surface area contributed by atoms with E-state index in [0.29, 0.717) is 18.0 Å². The number of likely N-dealkylation sites (tertiary alicyclic amines) is 2. The summed E-state index contributed by atoms with van der Waals surface area (Å²) in [5, 5.41) is 1.01. The first-order valence-corrected chi connectivity index (χ1v) is 11.7. The zero-order valence-corrected chi connectivity index (χ0v) is 18.9. The van der Waals surface area contributed by atoms with E-state index in [1.54, 1.807) is 6.20 Å². The lowest BCUT2D eigenvalue weighted by atomic mass is 9.79. The van der Waals surface area contributed by atoms with E-state index in [-0.39, 0.29) is 12.0 Å². The molecule has 1 aromatic heterocycles. The molecule has 32 heavy (non-hydrogen) atoms. The lowest BCUT2D eigenvalue weighted by Gasteiger charge is -2.54. The number of benzene rings is 2. The second-order valence-corrected chi connectivity index (χ2v) is 9.29. The highest BCUT2D eigenvalue weighted by molar-refractivity contribution is 5.98. The topological polar surface area (TPSA) is 45.7 Å². The van der Waals surface area contributed by atoms with Crippen LogP contribution in [0.1, 0.15) is 37.0 Å². The molecule has 2 aliphatic heterocycles. The minimum atomic E-state index is 0.126. The van der Waals surface area contributed by atoms with Crippen LogP contribution >= 0.6 is 0 Å². The zero-order valence-electron chi connectivity index (χ0n) is 18.9. The molecule has 5 rings (SSSR count). The number of fused-ring (bicyclic) bond motifs is 1. The number of hydrogen-bond donors (Lipinski definition) is 0. The lowest BCUT2D eigenvalue weighted by Crippen LogP contribution is -2.68. The Bertz CT molecular complexity index is 1080. The Morgan fingerprint density at radius 2 is 1.81 bits per heavy atom. The van der Waals surface area contributed by atoms with Crippen molar-refractivity contribution >= 4 is 16.8 Å². The Labute approximate surface area is 190 Å². The molecule has 2 aliphatic rings. The van der Waals surface area contributed by atoms with Crippen LogP contribution in [0.15, 0.2) is 66.9 Å². The quantitative estimate of drug-likeness (QED) is 0.593. The summed E-state index contributed by atoms with van der Waals surface area (Å²) in [6.07, 6.45) is 4.04. The number of hydrogen-bond acceptors (Lipinski definition) is 4. The number of para-hydroxylation sites is 1. The number of rotatable bonds is 5. The van der Waals surface area contributed by atoms with Gasteiger partial charge in [-0.1, -0.05) is 24.3 Å². The molecule has 2 aromatic carbocycles. The van der Waals surface area contributed by atoms with Crippen molar-refractivity contribution < 1.29 is 9.53 Å². The van der Waals surface area contributed by atoms with Crippen LogP contribution in [-0.2, 0) is 0 Å². The fourth-order valence-corrected chi connectivity index (χ4v) is 5.26. The average Bonchev–Trinajstić information content (AvgIpc) is 2.81.